The maximum Gasteiger partial charge on any atom is 0.306 e. The van der Waals surface area contributed by atoms with E-state index in [4.69, 9.17) is 14.2 Å². The van der Waals surface area contributed by atoms with Crippen molar-refractivity contribution in [3.8, 4) is 0 Å². The fourth-order valence-corrected chi connectivity index (χ4v) is 9.16. The molecule has 0 rings (SSSR count). The van der Waals surface area contributed by atoms with Crippen LogP contribution in [0.1, 0.15) is 323 Å². The molecule has 0 aliphatic rings. The Morgan fingerprint density at radius 1 is 0.263 bits per heavy atom. The molecule has 0 radical (unpaired) electrons. The Kier molecular flexibility index (Phi) is 61.2. The number of carbonyl (C=O) groups is 3. The summed E-state index contributed by atoms with van der Waals surface area (Å²) in [6.45, 7) is 6.60. The van der Waals surface area contributed by atoms with E-state index in [9.17, 15) is 14.4 Å². The maximum atomic E-state index is 12.9. The zero-order valence-electron chi connectivity index (χ0n) is 50.3. The molecular weight excluding hydrogens is 937 g/mol. The number of allylic oxidation sites excluding steroid dienone is 14. The molecule has 1 unspecified atom stereocenters. The lowest BCUT2D eigenvalue weighted by atomic mass is 10.1. The second-order valence-corrected chi connectivity index (χ2v) is 21.7. The van der Waals surface area contributed by atoms with Crippen LogP contribution in [0.3, 0.4) is 0 Å². The molecule has 1 atom stereocenters. The fourth-order valence-electron chi connectivity index (χ4n) is 9.16. The lowest BCUT2D eigenvalue weighted by Gasteiger charge is -2.18. The fraction of sp³-hybridized carbons (Fsp3) is 0.757. The van der Waals surface area contributed by atoms with Gasteiger partial charge in [0.25, 0.3) is 0 Å². The van der Waals surface area contributed by atoms with Gasteiger partial charge in [0.15, 0.2) is 6.10 Å². The van der Waals surface area contributed by atoms with Crippen molar-refractivity contribution in [2.75, 3.05) is 13.2 Å². The van der Waals surface area contributed by atoms with Gasteiger partial charge in [-0.25, -0.2) is 0 Å². The van der Waals surface area contributed by atoms with Crippen LogP contribution in [-0.4, -0.2) is 37.2 Å². The highest BCUT2D eigenvalue weighted by molar-refractivity contribution is 5.71. The first-order valence-electron chi connectivity index (χ1n) is 32.6. The Morgan fingerprint density at radius 2 is 0.474 bits per heavy atom. The zero-order chi connectivity index (χ0) is 55.0. The first kappa shape index (κ1) is 72.6. The summed E-state index contributed by atoms with van der Waals surface area (Å²) < 4.78 is 16.9. The van der Waals surface area contributed by atoms with Gasteiger partial charge < -0.3 is 14.2 Å². The van der Waals surface area contributed by atoms with Gasteiger partial charge in [0, 0.05) is 19.3 Å². The number of ether oxygens (including phenoxy) is 3. The smallest absolute Gasteiger partial charge is 0.306 e. The van der Waals surface area contributed by atoms with Crippen molar-refractivity contribution in [1.29, 1.82) is 0 Å². The maximum absolute atomic E-state index is 12.9. The highest BCUT2D eigenvalue weighted by Crippen LogP contribution is 2.16. The molecular formula is C70H122O6. The average molecular weight is 1060 g/mol. The van der Waals surface area contributed by atoms with E-state index >= 15 is 0 Å². The Morgan fingerprint density at radius 3 is 0.776 bits per heavy atom. The lowest BCUT2D eigenvalue weighted by molar-refractivity contribution is -0.167. The molecule has 76 heavy (non-hydrogen) atoms. The van der Waals surface area contributed by atoms with Gasteiger partial charge >= 0.3 is 17.9 Å². The van der Waals surface area contributed by atoms with Crippen LogP contribution in [0.15, 0.2) is 85.1 Å². The minimum absolute atomic E-state index is 0.0860. The standard InChI is InChI=1S/C70H122O6/c1-4-7-10-13-16-19-22-25-28-31-34-35-37-39-42-45-48-51-54-57-60-63-69(72)75-66-67(65-74-68(71)62-59-56-53-50-47-44-41-38-33-30-27-24-21-18-15-12-9-6-3)76-70(73)64-61-58-55-52-49-46-43-40-36-32-29-26-23-20-17-14-11-8-5-2/h17,20-22,24-26,29-31,33-34,37,39,67H,4-16,18-19,23,27-28,32,35-36,38,40-66H2,1-3H3/b20-17-,24-21-,25-22-,29-26-,33-30-,34-31-,39-37-. The SMILES string of the molecule is CCCCC/C=C\C/C=C\CCCCCCCCCCCC(=O)OC(COC(=O)CCCCCCCC/C=C\C/C=C\C/C=C\CCCCCCC)COC(=O)CCCCCCCCC/C=C\C/C=C\CCCCCC. The monoisotopic (exact) mass is 1060 g/mol. The summed E-state index contributed by atoms with van der Waals surface area (Å²) in [5, 5.41) is 0. The molecule has 438 valence electrons. The van der Waals surface area contributed by atoms with Crippen LogP contribution < -0.4 is 0 Å². The molecule has 6 heteroatoms. The van der Waals surface area contributed by atoms with Crippen molar-refractivity contribution in [1.82, 2.24) is 0 Å². The molecule has 0 aliphatic heterocycles. The summed E-state index contributed by atoms with van der Waals surface area (Å²) in [6.07, 6.45) is 84.3. The summed E-state index contributed by atoms with van der Waals surface area (Å²) in [6, 6.07) is 0. The number of esters is 3. The van der Waals surface area contributed by atoms with Crippen LogP contribution in [0, 0.1) is 0 Å². The third kappa shape index (κ3) is 61.4. The van der Waals surface area contributed by atoms with Crippen LogP contribution in [-0.2, 0) is 28.6 Å². The first-order chi connectivity index (χ1) is 37.5. The summed E-state index contributed by atoms with van der Waals surface area (Å²) in [4.78, 5) is 38.4. The number of hydrogen-bond acceptors (Lipinski definition) is 6. The molecule has 0 N–H and O–H groups in total. The van der Waals surface area contributed by atoms with E-state index in [2.05, 4.69) is 106 Å². The third-order valence-corrected chi connectivity index (χ3v) is 14.1. The van der Waals surface area contributed by atoms with Crippen molar-refractivity contribution < 1.29 is 28.6 Å². The summed E-state index contributed by atoms with van der Waals surface area (Å²) in [5.74, 6) is -0.897. The van der Waals surface area contributed by atoms with Gasteiger partial charge in [-0.2, -0.15) is 0 Å². The predicted molar refractivity (Wildman–Crippen MR) is 330 cm³/mol. The summed E-state index contributed by atoms with van der Waals surface area (Å²) in [7, 11) is 0. The van der Waals surface area contributed by atoms with Gasteiger partial charge in [-0.05, 0) is 122 Å². The van der Waals surface area contributed by atoms with Crippen molar-refractivity contribution in [3.05, 3.63) is 85.1 Å². The second-order valence-electron chi connectivity index (χ2n) is 21.7. The Balaban J connectivity index is 4.42. The molecule has 0 saturated carbocycles. The first-order valence-corrected chi connectivity index (χ1v) is 32.6. The lowest BCUT2D eigenvalue weighted by Crippen LogP contribution is -2.30. The van der Waals surface area contributed by atoms with E-state index in [0.717, 1.165) is 96.3 Å². The number of unbranched alkanes of at least 4 members (excludes halogenated alkanes) is 34. The minimum Gasteiger partial charge on any atom is -0.462 e. The van der Waals surface area contributed by atoms with E-state index < -0.39 is 6.10 Å². The van der Waals surface area contributed by atoms with E-state index in [1.54, 1.807) is 0 Å². The molecule has 0 fully saturated rings. The van der Waals surface area contributed by atoms with Crippen molar-refractivity contribution in [2.24, 2.45) is 0 Å². The van der Waals surface area contributed by atoms with Crippen molar-refractivity contribution in [3.63, 3.8) is 0 Å². The van der Waals surface area contributed by atoms with Crippen LogP contribution in [0.5, 0.6) is 0 Å². The topological polar surface area (TPSA) is 78.9 Å². The van der Waals surface area contributed by atoms with Gasteiger partial charge in [-0.1, -0.05) is 266 Å². The molecule has 0 bridgehead atoms. The molecule has 0 aromatic carbocycles. The second kappa shape index (κ2) is 64.1. The quantitative estimate of drug-likeness (QED) is 0.0261. The van der Waals surface area contributed by atoms with E-state index in [0.29, 0.717) is 19.3 Å². The minimum atomic E-state index is -0.790. The van der Waals surface area contributed by atoms with Gasteiger partial charge in [0.1, 0.15) is 13.2 Å². The molecule has 0 heterocycles. The van der Waals surface area contributed by atoms with Crippen LogP contribution >= 0.6 is 0 Å². The Bertz CT molecular complexity index is 1450. The van der Waals surface area contributed by atoms with Crippen LogP contribution in [0.4, 0.5) is 0 Å². The zero-order valence-corrected chi connectivity index (χ0v) is 50.3. The summed E-state index contributed by atoms with van der Waals surface area (Å²) in [5.41, 5.74) is 0. The highest BCUT2D eigenvalue weighted by atomic mass is 16.6. The normalized spacial score (nSPS) is 12.6. The van der Waals surface area contributed by atoms with Crippen molar-refractivity contribution in [2.45, 2.75) is 329 Å². The third-order valence-electron chi connectivity index (χ3n) is 14.1. The van der Waals surface area contributed by atoms with Gasteiger partial charge in [-0.3, -0.25) is 14.4 Å². The molecule has 0 aromatic rings. The molecule has 0 aromatic heterocycles. The predicted octanol–water partition coefficient (Wildman–Crippen LogP) is 22.3. The largest absolute Gasteiger partial charge is 0.462 e. The Labute approximate surface area is 471 Å². The Hall–Kier alpha value is -3.41. The van der Waals surface area contributed by atoms with Gasteiger partial charge in [0.05, 0.1) is 0 Å². The van der Waals surface area contributed by atoms with Gasteiger partial charge in [0.2, 0.25) is 0 Å². The molecule has 0 aliphatic carbocycles. The van der Waals surface area contributed by atoms with Gasteiger partial charge in [-0.15, -0.1) is 0 Å². The summed E-state index contributed by atoms with van der Waals surface area (Å²) >= 11 is 0. The van der Waals surface area contributed by atoms with Crippen LogP contribution in [0.25, 0.3) is 0 Å². The van der Waals surface area contributed by atoms with E-state index in [1.807, 2.05) is 0 Å². The molecule has 0 amide bonds. The molecule has 0 saturated heterocycles. The average Bonchev–Trinajstić information content (AvgIpc) is 3.42. The van der Waals surface area contributed by atoms with E-state index in [1.165, 1.54) is 186 Å². The van der Waals surface area contributed by atoms with Crippen LogP contribution in [0.2, 0.25) is 0 Å². The highest BCUT2D eigenvalue weighted by Gasteiger charge is 2.19. The number of carbonyl (C=O) groups excluding carboxylic acids is 3. The number of hydrogen-bond donors (Lipinski definition) is 0. The van der Waals surface area contributed by atoms with Crippen molar-refractivity contribution >= 4 is 17.9 Å². The number of rotatable bonds is 59. The van der Waals surface area contributed by atoms with E-state index in [-0.39, 0.29) is 31.1 Å². The molecule has 6 nitrogen and oxygen atoms in total. The molecule has 0 spiro atoms.